The summed E-state index contributed by atoms with van der Waals surface area (Å²) in [5.74, 6) is -0.0264. The van der Waals surface area contributed by atoms with Crippen molar-refractivity contribution >= 4 is 46.5 Å². The van der Waals surface area contributed by atoms with Crippen LogP contribution in [0, 0.1) is 6.92 Å². The number of thioether (sulfide) groups is 2. The molecule has 2 rings (SSSR count). The number of aryl methyl sites for hydroxylation is 1. The Morgan fingerprint density at radius 2 is 2.10 bits per heavy atom. The fraction of sp³-hybridized carbons (Fsp3) is 0.308. The SMILES string of the molecule is CSc1nnc(SC(C)C(=O)Nc2cccc(C)c2)s1. The molecule has 1 atom stereocenters. The van der Waals surface area contributed by atoms with Crippen LogP contribution in [0.2, 0.25) is 0 Å². The van der Waals surface area contributed by atoms with Crippen LogP contribution in [-0.2, 0) is 4.79 Å². The normalized spacial score (nSPS) is 12.2. The predicted molar refractivity (Wildman–Crippen MR) is 86.8 cm³/mol. The quantitative estimate of drug-likeness (QED) is 0.850. The van der Waals surface area contributed by atoms with Crippen LogP contribution in [0.3, 0.4) is 0 Å². The molecule has 106 valence electrons. The Hall–Kier alpha value is -1.05. The number of anilines is 1. The maximum atomic E-state index is 12.1. The molecule has 0 spiro atoms. The molecule has 1 aromatic carbocycles. The zero-order valence-corrected chi connectivity index (χ0v) is 13.9. The lowest BCUT2D eigenvalue weighted by molar-refractivity contribution is -0.115. The van der Waals surface area contributed by atoms with Crippen molar-refractivity contribution in [2.24, 2.45) is 0 Å². The molecule has 20 heavy (non-hydrogen) atoms. The van der Waals surface area contributed by atoms with Crippen LogP contribution < -0.4 is 5.32 Å². The van der Waals surface area contributed by atoms with Crippen molar-refractivity contribution in [3.8, 4) is 0 Å². The molecule has 0 bridgehead atoms. The number of benzene rings is 1. The zero-order valence-electron chi connectivity index (χ0n) is 11.4. The molecule has 0 aliphatic heterocycles. The highest BCUT2D eigenvalue weighted by molar-refractivity contribution is 8.03. The average Bonchev–Trinajstić information content (AvgIpc) is 2.86. The van der Waals surface area contributed by atoms with Gasteiger partial charge in [-0.05, 0) is 37.8 Å². The minimum atomic E-state index is -0.210. The van der Waals surface area contributed by atoms with Crippen molar-refractivity contribution in [1.29, 1.82) is 0 Å². The molecule has 1 N–H and O–H groups in total. The lowest BCUT2D eigenvalue weighted by Crippen LogP contribution is -2.22. The summed E-state index contributed by atoms with van der Waals surface area (Å²) >= 11 is 4.50. The van der Waals surface area contributed by atoms with Crippen LogP contribution in [0.25, 0.3) is 0 Å². The minimum absolute atomic E-state index is 0.0264. The molecule has 0 aliphatic carbocycles. The summed E-state index contributed by atoms with van der Waals surface area (Å²) in [6, 6.07) is 7.77. The van der Waals surface area contributed by atoms with Gasteiger partial charge in [-0.25, -0.2) is 0 Å². The van der Waals surface area contributed by atoms with Gasteiger partial charge in [0.05, 0.1) is 5.25 Å². The summed E-state index contributed by atoms with van der Waals surface area (Å²) in [6.45, 7) is 3.87. The number of nitrogens with one attached hydrogen (secondary N) is 1. The monoisotopic (exact) mass is 325 g/mol. The molecule has 4 nitrogen and oxygen atoms in total. The maximum absolute atomic E-state index is 12.1. The van der Waals surface area contributed by atoms with Crippen molar-refractivity contribution in [3.05, 3.63) is 29.8 Å². The van der Waals surface area contributed by atoms with Gasteiger partial charge < -0.3 is 5.32 Å². The Kier molecular flexibility index (Phi) is 5.45. The second kappa shape index (κ2) is 7.10. The number of amides is 1. The second-order valence-electron chi connectivity index (χ2n) is 4.16. The number of rotatable bonds is 5. The van der Waals surface area contributed by atoms with Gasteiger partial charge in [-0.3, -0.25) is 4.79 Å². The molecular formula is C13H15N3OS3. The lowest BCUT2D eigenvalue weighted by atomic mass is 10.2. The molecule has 0 fully saturated rings. The topological polar surface area (TPSA) is 54.9 Å². The van der Waals surface area contributed by atoms with Crippen molar-refractivity contribution in [2.75, 3.05) is 11.6 Å². The van der Waals surface area contributed by atoms with Crippen LogP contribution in [0.5, 0.6) is 0 Å². The number of hydrogen-bond acceptors (Lipinski definition) is 6. The number of nitrogens with zero attached hydrogens (tertiary/aromatic N) is 2. The van der Waals surface area contributed by atoms with Crippen molar-refractivity contribution in [2.45, 2.75) is 27.8 Å². The molecule has 0 aliphatic rings. The summed E-state index contributed by atoms with van der Waals surface area (Å²) in [5.41, 5.74) is 1.95. The van der Waals surface area contributed by atoms with E-state index >= 15 is 0 Å². The third-order valence-corrected chi connectivity index (χ3v) is 5.58. The van der Waals surface area contributed by atoms with Gasteiger partial charge in [0.1, 0.15) is 0 Å². The van der Waals surface area contributed by atoms with E-state index in [0.717, 1.165) is 19.9 Å². The third-order valence-electron chi connectivity index (χ3n) is 2.49. The molecule has 0 radical (unpaired) electrons. The first-order chi connectivity index (χ1) is 9.58. The zero-order chi connectivity index (χ0) is 14.5. The predicted octanol–water partition coefficient (Wildman–Crippen LogP) is 3.69. The lowest BCUT2D eigenvalue weighted by Gasteiger charge is -2.10. The second-order valence-corrected chi connectivity index (χ2v) is 7.78. The largest absolute Gasteiger partial charge is 0.325 e. The summed E-state index contributed by atoms with van der Waals surface area (Å²) in [7, 11) is 0. The Balaban J connectivity index is 1.95. The van der Waals surface area contributed by atoms with Crippen LogP contribution in [0.1, 0.15) is 12.5 Å². The van der Waals surface area contributed by atoms with E-state index in [0.29, 0.717) is 0 Å². The summed E-state index contributed by atoms with van der Waals surface area (Å²) in [6.07, 6.45) is 1.96. The number of hydrogen-bond donors (Lipinski definition) is 1. The van der Waals surface area contributed by atoms with E-state index in [1.807, 2.05) is 44.4 Å². The van der Waals surface area contributed by atoms with E-state index in [-0.39, 0.29) is 11.2 Å². The first-order valence-electron chi connectivity index (χ1n) is 6.00. The van der Waals surface area contributed by atoms with Crippen LogP contribution in [0.4, 0.5) is 5.69 Å². The summed E-state index contributed by atoms with van der Waals surface area (Å²) < 4.78 is 1.74. The van der Waals surface area contributed by atoms with E-state index < -0.39 is 0 Å². The van der Waals surface area contributed by atoms with Crippen molar-refractivity contribution in [1.82, 2.24) is 10.2 Å². The number of carbonyl (C=O) groups is 1. The van der Waals surface area contributed by atoms with E-state index in [1.54, 1.807) is 11.8 Å². The molecule has 1 aromatic heterocycles. The van der Waals surface area contributed by atoms with Gasteiger partial charge in [-0.2, -0.15) is 0 Å². The minimum Gasteiger partial charge on any atom is -0.325 e. The molecule has 0 saturated carbocycles. The molecule has 1 unspecified atom stereocenters. The molecule has 2 aromatic rings. The van der Waals surface area contributed by atoms with Gasteiger partial charge >= 0.3 is 0 Å². The highest BCUT2D eigenvalue weighted by Gasteiger charge is 2.17. The first-order valence-corrected chi connectivity index (χ1v) is 8.92. The molecular weight excluding hydrogens is 310 g/mol. The Bertz CT molecular complexity index is 600. The van der Waals surface area contributed by atoms with Gasteiger partial charge in [0.25, 0.3) is 0 Å². The van der Waals surface area contributed by atoms with Crippen LogP contribution >= 0.6 is 34.9 Å². The van der Waals surface area contributed by atoms with Crippen LogP contribution in [-0.4, -0.2) is 27.6 Å². The van der Waals surface area contributed by atoms with E-state index in [4.69, 9.17) is 0 Å². The van der Waals surface area contributed by atoms with Gasteiger partial charge in [0, 0.05) is 5.69 Å². The number of aromatic nitrogens is 2. The highest BCUT2D eigenvalue weighted by Crippen LogP contribution is 2.30. The van der Waals surface area contributed by atoms with Gasteiger partial charge in [-0.1, -0.05) is 47.0 Å². The van der Waals surface area contributed by atoms with Gasteiger partial charge in [0.15, 0.2) is 8.68 Å². The summed E-state index contributed by atoms with van der Waals surface area (Å²) in [5, 5.41) is 10.8. The standard InChI is InChI=1S/C13H15N3OS3/c1-8-5-4-6-10(7-8)14-11(17)9(2)19-13-16-15-12(18-3)20-13/h4-7,9H,1-3H3,(H,14,17). The molecule has 7 heteroatoms. The van der Waals surface area contributed by atoms with Crippen molar-refractivity contribution < 1.29 is 4.79 Å². The fourth-order valence-corrected chi connectivity index (χ4v) is 4.08. The first kappa shape index (κ1) is 15.3. The Morgan fingerprint density at radius 3 is 2.75 bits per heavy atom. The molecule has 0 saturated heterocycles. The van der Waals surface area contributed by atoms with Gasteiger partial charge in [0.2, 0.25) is 5.91 Å². The number of carbonyl (C=O) groups excluding carboxylic acids is 1. The maximum Gasteiger partial charge on any atom is 0.237 e. The molecule has 1 amide bonds. The Labute approximate surface area is 130 Å². The Morgan fingerprint density at radius 1 is 1.35 bits per heavy atom. The van der Waals surface area contributed by atoms with Crippen molar-refractivity contribution in [3.63, 3.8) is 0 Å². The highest BCUT2D eigenvalue weighted by atomic mass is 32.2. The van der Waals surface area contributed by atoms with Gasteiger partial charge in [-0.15, -0.1) is 10.2 Å². The van der Waals surface area contributed by atoms with E-state index in [9.17, 15) is 4.79 Å². The molecule has 1 heterocycles. The average molecular weight is 325 g/mol. The van der Waals surface area contributed by atoms with Crippen LogP contribution in [0.15, 0.2) is 32.9 Å². The fourth-order valence-electron chi connectivity index (χ4n) is 1.50. The van der Waals surface area contributed by atoms with E-state index in [1.165, 1.54) is 23.1 Å². The summed E-state index contributed by atoms with van der Waals surface area (Å²) in [4.78, 5) is 12.1. The third kappa shape index (κ3) is 4.22. The smallest absolute Gasteiger partial charge is 0.237 e. The van der Waals surface area contributed by atoms with E-state index in [2.05, 4.69) is 15.5 Å².